The fourth-order valence-electron chi connectivity index (χ4n) is 1.50. The largest absolute Gasteiger partial charge is 0.477 e. The van der Waals surface area contributed by atoms with Crippen LogP contribution in [0, 0.1) is 0 Å². The Morgan fingerprint density at radius 3 is 2.88 bits per heavy atom. The van der Waals surface area contributed by atoms with E-state index in [4.69, 9.17) is 21.4 Å². The number of carboxylic acids is 1. The second-order valence-electron chi connectivity index (χ2n) is 3.17. The Hall–Kier alpha value is -1.17. The number of aromatic carboxylic acids is 1. The Morgan fingerprint density at radius 1 is 1.62 bits per heavy atom. The number of carbonyl (C=O) groups is 2. The van der Waals surface area contributed by atoms with E-state index >= 15 is 0 Å². The number of Topliss-reactive ketones (excluding diaryl/α,β-unsaturated/α-hetero) is 1. The number of hydrogen-bond donors (Lipinski definition) is 1. The van der Waals surface area contributed by atoms with Crippen LogP contribution in [0.4, 0.5) is 0 Å². The standard InChI is InChI=1S/C10H7ClO4S/c1-15-4-2-3-5-6(8(4)12)7(11)9(16-5)10(13)14/h2-4H,1H3,(H,13,14). The Bertz CT molecular complexity index is 503. The summed E-state index contributed by atoms with van der Waals surface area (Å²) >= 11 is 6.87. The molecule has 1 aliphatic carbocycles. The van der Waals surface area contributed by atoms with E-state index in [9.17, 15) is 9.59 Å². The first kappa shape index (κ1) is 11.3. The summed E-state index contributed by atoms with van der Waals surface area (Å²) in [6, 6.07) is 0. The molecule has 0 fully saturated rings. The molecule has 84 valence electrons. The normalized spacial score (nSPS) is 18.6. The van der Waals surface area contributed by atoms with Crippen molar-refractivity contribution in [3.63, 3.8) is 0 Å². The molecule has 0 bridgehead atoms. The lowest BCUT2D eigenvalue weighted by atomic mass is 10.0. The van der Waals surface area contributed by atoms with Crippen LogP contribution in [0.1, 0.15) is 24.9 Å². The minimum Gasteiger partial charge on any atom is -0.477 e. The van der Waals surface area contributed by atoms with Crippen molar-refractivity contribution >= 4 is 40.8 Å². The van der Waals surface area contributed by atoms with E-state index in [0.717, 1.165) is 11.3 Å². The molecule has 1 unspecified atom stereocenters. The van der Waals surface area contributed by atoms with Crippen molar-refractivity contribution in [2.45, 2.75) is 6.10 Å². The van der Waals surface area contributed by atoms with Crippen molar-refractivity contribution in [3.8, 4) is 0 Å². The average molecular weight is 259 g/mol. The molecular formula is C10H7ClO4S. The van der Waals surface area contributed by atoms with Crippen LogP contribution in [-0.4, -0.2) is 30.1 Å². The Morgan fingerprint density at radius 2 is 2.31 bits per heavy atom. The van der Waals surface area contributed by atoms with E-state index in [2.05, 4.69) is 0 Å². The van der Waals surface area contributed by atoms with Gasteiger partial charge in [-0.25, -0.2) is 4.79 Å². The molecule has 0 aromatic carbocycles. The van der Waals surface area contributed by atoms with Gasteiger partial charge < -0.3 is 9.84 Å². The summed E-state index contributed by atoms with van der Waals surface area (Å²) < 4.78 is 4.95. The number of halogens is 1. The molecular weight excluding hydrogens is 252 g/mol. The highest BCUT2D eigenvalue weighted by Crippen LogP contribution is 2.37. The minimum atomic E-state index is -1.13. The molecule has 6 heteroatoms. The molecule has 16 heavy (non-hydrogen) atoms. The summed E-state index contributed by atoms with van der Waals surface area (Å²) in [5, 5.41) is 8.89. The zero-order chi connectivity index (χ0) is 11.9. The number of hydrogen-bond acceptors (Lipinski definition) is 4. The number of carbonyl (C=O) groups excluding carboxylic acids is 1. The third-order valence-electron chi connectivity index (χ3n) is 2.25. The highest BCUT2D eigenvalue weighted by atomic mass is 35.5. The van der Waals surface area contributed by atoms with Gasteiger partial charge in [0.25, 0.3) is 0 Å². The van der Waals surface area contributed by atoms with Gasteiger partial charge in [0.15, 0.2) is 5.78 Å². The number of ether oxygens (including phenoxy) is 1. The third kappa shape index (κ3) is 1.57. The lowest BCUT2D eigenvalue weighted by Crippen LogP contribution is -2.23. The first-order valence-corrected chi connectivity index (χ1v) is 5.56. The summed E-state index contributed by atoms with van der Waals surface area (Å²) in [7, 11) is 1.41. The van der Waals surface area contributed by atoms with Crippen LogP contribution in [0.3, 0.4) is 0 Å². The highest BCUT2D eigenvalue weighted by molar-refractivity contribution is 7.16. The molecule has 1 atom stereocenters. The topological polar surface area (TPSA) is 63.6 Å². The zero-order valence-corrected chi connectivity index (χ0v) is 9.76. The minimum absolute atomic E-state index is 0.00361. The fraction of sp³-hybridized carbons (Fsp3) is 0.200. The summed E-state index contributed by atoms with van der Waals surface area (Å²) in [6.45, 7) is 0. The van der Waals surface area contributed by atoms with Gasteiger partial charge >= 0.3 is 5.97 Å². The van der Waals surface area contributed by atoms with Crippen LogP contribution >= 0.6 is 22.9 Å². The summed E-state index contributed by atoms with van der Waals surface area (Å²) in [6.07, 6.45) is 2.57. The first-order chi connectivity index (χ1) is 7.56. The SMILES string of the molecule is COC1C=Cc2sc(C(=O)O)c(Cl)c2C1=O. The molecule has 0 spiro atoms. The average Bonchev–Trinajstić information content (AvgIpc) is 2.57. The van der Waals surface area contributed by atoms with Crippen molar-refractivity contribution in [2.75, 3.05) is 7.11 Å². The molecule has 0 radical (unpaired) electrons. The van der Waals surface area contributed by atoms with Crippen molar-refractivity contribution in [3.05, 3.63) is 26.4 Å². The third-order valence-corrected chi connectivity index (χ3v) is 3.89. The molecule has 2 rings (SSSR count). The van der Waals surface area contributed by atoms with E-state index in [0.29, 0.717) is 4.88 Å². The van der Waals surface area contributed by atoms with Crippen molar-refractivity contribution in [1.82, 2.24) is 0 Å². The molecule has 1 aromatic rings. The monoisotopic (exact) mass is 258 g/mol. The Labute approximate surface area is 100 Å². The molecule has 1 aliphatic rings. The lowest BCUT2D eigenvalue weighted by molar-refractivity contribution is 0.0702. The number of rotatable bonds is 2. The van der Waals surface area contributed by atoms with E-state index < -0.39 is 12.1 Å². The molecule has 1 aromatic heterocycles. The number of carboxylic acid groups (broad SMARTS) is 1. The molecule has 0 aliphatic heterocycles. The first-order valence-electron chi connectivity index (χ1n) is 4.37. The number of methoxy groups -OCH3 is 1. The molecule has 4 nitrogen and oxygen atoms in total. The van der Waals surface area contributed by atoms with Crippen LogP contribution < -0.4 is 0 Å². The van der Waals surface area contributed by atoms with Crippen molar-refractivity contribution in [2.24, 2.45) is 0 Å². The molecule has 0 saturated carbocycles. The number of fused-ring (bicyclic) bond motifs is 1. The van der Waals surface area contributed by atoms with Gasteiger partial charge in [-0.1, -0.05) is 11.6 Å². The predicted octanol–water partition coefficient (Wildman–Crippen LogP) is 2.32. The quantitative estimate of drug-likeness (QED) is 0.884. The molecule has 1 heterocycles. The van der Waals surface area contributed by atoms with Crippen LogP contribution in [-0.2, 0) is 4.74 Å². The maximum absolute atomic E-state index is 11.9. The fourth-order valence-corrected chi connectivity index (χ4v) is 2.90. The maximum atomic E-state index is 11.9. The zero-order valence-electron chi connectivity index (χ0n) is 8.19. The van der Waals surface area contributed by atoms with E-state index in [-0.39, 0.29) is 21.2 Å². The van der Waals surface area contributed by atoms with E-state index in [1.54, 1.807) is 12.2 Å². The van der Waals surface area contributed by atoms with Gasteiger partial charge in [-0.3, -0.25) is 4.79 Å². The maximum Gasteiger partial charge on any atom is 0.347 e. The van der Waals surface area contributed by atoms with Gasteiger partial charge in [-0.15, -0.1) is 11.3 Å². The van der Waals surface area contributed by atoms with Crippen LogP contribution in [0.2, 0.25) is 5.02 Å². The second kappa shape index (κ2) is 4.01. The summed E-state index contributed by atoms with van der Waals surface area (Å²) in [5.74, 6) is -1.42. The highest BCUT2D eigenvalue weighted by Gasteiger charge is 2.31. The number of ketones is 1. The van der Waals surface area contributed by atoms with Gasteiger partial charge in [0.05, 0.1) is 10.6 Å². The van der Waals surface area contributed by atoms with Gasteiger partial charge in [-0.05, 0) is 12.2 Å². The predicted molar refractivity (Wildman–Crippen MR) is 60.4 cm³/mol. The van der Waals surface area contributed by atoms with Gasteiger partial charge in [0.1, 0.15) is 11.0 Å². The van der Waals surface area contributed by atoms with Gasteiger partial charge in [-0.2, -0.15) is 0 Å². The Balaban J connectivity index is 2.58. The van der Waals surface area contributed by atoms with Crippen LogP contribution in [0.5, 0.6) is 0 Å². The molecule has 0 amide bonds. The molecule has 1 N–H and O–H groups in total. The van der Waals surface area contributed by atoms with Crippen LogP contribution in [0.15, 0.2) is 6.08 Å². The summed E-state index contributed by atoms with van der Waals surface area (Å²) in [5.41, 5.74) is 0.249. The van der Waals surface area contributed by atoms with Crippen molar-refractivity contribution in [1.29, 1.82) is 0 Å². The smallest absolute Gasteiger partial charge is 0.347 e. The lowest BCUT2D eigenvalue weighted by Gasteiger charge is -2.13. The van der Waals surface area contributed by atoms with E-state index in [1.807, 2.05) is 0 Å². The van der Waals surface area contributed by atoms with Gasteiger partial charge in [0.2, 0.25) is 0 Å². The van der Waals surface area contributed by atoms with Gasteiger partial charge in [0, 0.05) is 12.0 Å². The summed E-state index contributed by atoms with van der Waals surface area (Å²) in [4.78, 5) is 23.3. The Kier molecular flexibility index (Phi) is 2.84. The van der Waals surface area contributed by atoms with E-state index in [1.165, 1.54) is 7.11 Å². The van der Waals surface area contributed by atoms with Crippen molar-refractivity contribution < 1.29 is 19.4 Å². The molecule has 0 saturated heterocycles. The second-order valence-corrected chi connectivity index (χ2v) is 4.60. The van der Waals surface area contributed by atoms with Crippen LogP contribution in [0.25, 0.3) is 6.08 Å². The number of thiophene rings is 1.